The van der Waals surface area contributed by atoms with Crippen LogP contribution in [0.15, 0.2) is 0 Å². The summed E-state index contributed by atoms with van der Waals surface area (Å²) in [4.78, 5) is 2.80. The second kappa shape index (κ2) is 5.05. The highest BCUT2D eigenvalue weighted by Gasteiger charge is 2.48. The predicted molar refractivity (Wildman–Crippen MR) is 69.4 cm³/mol. The van der Waals surface area contributed by atoms with Gasteiger partial charge in [-0.3, -0.25) is 4.90 Å². The van der Waals surface area contributed by atoms with Crippen molar-refractivity contribution in [3.63, 3.8) is 0 Å². The summed E-state index contributed by atoms with van der Waals surface area (Å²) >= 11 is 0. The fourth-order valence-corrected chi connectivity index (χ4v) is 3.56. The molecule has 0 bridgehead atoms. The molecule has 0 spiro atoms. The van der Waals surface area contributed by atoms with Gasteiger partial charge >= 0.3 is 0 Å². The molecule has 2 aliphatic rings. The third kappa shape index (κ3) is 2.14. The molecule has 0 heterocycles. The first-order valence-electron chi connectivity index (χ1n) is 7.21. The van der Waals surface area contributed by atoms with Crippen molar-refractivity contribution in [2.75, 3.05) is 13.1 Å². The van der Waals surface area contributed by atoms with Crippen molar-refractivity contribution in [3.05, 3.63) is 0 Å². The SMILES string of the molecule is CCCCN(C1CC1)C1(CN)CCCC1C. The van der Waals surface area contributed by atoms with Gasteiger partial charge in [-0.25, -0.2) is 0 Å². The third-order valence-corrected chi connectivity index (χ3v) is 4.83. The first-order chi connectivity index (χ1) is 7.74. The van der Waals surface area contributed by atoms with Gasteiger partial charge in [0.2, 0.25) is 0 Å². The lowest BCUT2D eigenvalue weighted by atomic mass is 9.85. The average molecular weight is 224 g/mol. The Balaban J connectivity index is 2.08. The molecule has 2 heteroatoms. The molecule has 2 atom stereocenters. The van der Waals surface area contributed by atoms with E-state index in [1.54, 1.807) is 0 Å². The molecule has 2 unspecified atom stereocenters. The van der Waals surface area contributed by atoms with Gasteiger partial charge in [-0.05, 0) is 44.6 Å². The van der Waals surface area contributed by atoms with Crippen LogP contribution in [-0.2, 0) is 0 Å². The molecule has 0 amide bonds. The smallest absolute Gasteiger partial charge is 0.0360 e. The number of hydrogen-bond donors (Lipinski definition) is 1. The summed E-state index contributed by atoms with van der Waals surface area (Å²) in [5.74, 6) is 0.801. The van der Waals surface area contributed by atoms with E-state index in [1.165, 1.54) is 51.5 Å². The molecule has 0 aliphatic heterocycles. The average Bonchev–Trinajstić information content (AvgIpc) is 3.05. The highest BCUT2D eigenvalue weighted by atomic mass is 15.3. The fraction of sp³-hybridized carbons (Fsp3) is 1.00. The number of unbranched alkanes of at least 4 members (excludes halogenated alkanes) is 1. The van der Waals surface area contributed by atoms with E-state index in [1.807, 2.05) is 0 Å². The number of rotatable bonds is 6. The molecule has 2 saturated carbocycles. The Bertz CT molecular complexity index is 225. The normalized spacial score (nSPS) is 34.9. The van der Waals surface area contributed by atoms with E-state index >= 15 is 0 Å². The van der Waals surface area contributed by atoms with Gasteiger partial charge in [0.25, 0.3) is 0 Å². The van der Waals surface area contributed by atoms with Gasteiger partial charge in [-0.15, -0.1) is 0 Å². The Labute approximate surface area is 101 Å². The fourth-order valence-electron chi connectivity index (χ4n) is 3.56. The summed E-state index contributed by atoms with van der Waals surface area (Å²) in [5, 5.41) is 0. The maximum absolute atomic E-state index is 6.16. The summed E-state index contributed by atoms with van der Waals surface area (Å²) in [6.45, 7) is 6.86. The minimum atomic E-state index is 0.357. The Morgan fingerprint density at radius 3 is 2.50 bits per heavy atom. The molecule has 2 rings (SSSR count). The lowest BCUT2D eigenvalue weighted by Crippen LogP contribution is -2.56. The Hall–Kier alpha value is -0.0800. The van der Waals surface area contributed by atoms with Gasteiger partial charge in [0, 0.05) is 18.1 Å². The molecule has 2 nitrogen and oxygen atoms in total. The molecule has 0 aromatic carbocycles. The van der Waals surface area contributed by atoms with E-state index in [0.717, 1.165) is 18.5 Å². The van der Waals surface area contributed by atoms with Crippen molar-refractivity contribution >= 4 is 0 Å². The number of nitrogens with zero attached hydrogens (tertiary/aromatic N) is 1. The van der Waals surface area contributed by atoms with Gasteiger partial charge in [-0.1, -0.05) is 26.7 Å². The Morgan fingerprint density at radius 1 is 1.31 bits per heavy atom. The van der Waals surface area contributed by atoms with Crippen LogP contribution in [0.2, 0.25) is 0 Å². The van der Waals surface area contributed by atoms with E-state index in [4.69, 9.17) is 5.73 Å². The lowest BCUT2D eigenvalue weighted by molar-refractivity contribution is 0.0540. The summed E-state index contributed by atoms with van der Waals surface area (Å²) < 4.78 is 0. The van der Waals surface area contributed by atoms with E-state index in [-0.39, 0.29) is 0 Å². The Morgan fingerprint density at radius 2 is 2.06 bits per heavy atom. The largest absolute Gasteiger partial charge is 0.329 e. The van der Waals surface area contributed by atoms with Crippen LogP contribution in [-0.4, -0.2) is 29.6 Å². The molecule has 16 heavy (non-hydrogen) atoms. The van der Waals surface area contributed by atoms with Crippen LogP contribution in [0.4, 0.5) is 0 Å². The van der Waals surface area contributed by atoms with Crippen molar-refractivity contribution in [1.29, 1.82) is 0 Å². The van der Waals surface area contributed by atoms with Crippen LogP contribution in [0.5, 0.6) is 0 Å². The molecule has 0 aromatic rings. The van der Waals surface area contributed by atoms with E-state index < -0.39 is 0 Å². The zero-order chi connectivity index (χ0) is 11.6. The van der Waals surface area contributed by atoms with Crippen molar-refractivity contribution in [1.82, 2.24) is 4.90 Å². The molecule has 0 radical (unpaired) electrons. The summed E-state index contributed by atoms with van der Waals surface area (Å²) in [6, 6.07) is 0.871. The van der Waals surface area contributed by atoms with Crippen LogP contribution < -0.4 is 5.73 Å². The van der Waals surface area contributed by atoms with Crippen molar-refractivity contribution in [2.24, 2.45) is 11.7 Å². The number of nitrogens with two attached hydrogens (primary N) is 1. The van der Waals surface area contributed by atoms with Crippen LogP contribution in [0, 0.1) is 5.92 Å². The quantitative estimate of drug-likeness (QED) is 0.751. The summed E-state index contributed by atoms with van der Waals surface area (Å²) in [5.41, 5.74) is 6.51. The highest BCUT2D eigenvalue weighted by Crippen LogP contribution is 2.44. The van der Waals surface area contributed by atoms with Crippen LogP contribution in [0.3, 0.4) is 0 Å². The van der Waals surface area contributed by atoms with Gasteiger partial charge in [0.15, 0.2) is 0 Å². The molecule has 2 fully saturated rings. The highest BCUT2D eigenvalue weighted by molar-refractivity contribution is 5.04. The van der Waals surface area contributed by atoms with Gasteiger partial charge in [0.1, 0.15) is 0 Å². The molecule has 94 valence electrons. The maximum atomic E-state index is 6.16. The van der Waals surface area contributed by atoms with E-state index in [0.29, 0.717) is 5.54 Å². The van der Waals surface area contributed by atoms with E-state index in [2.05, 4.69) is 18.7 Å². The molecular weight excluding hydrogens is 196 g/mol. The monoisotopic (exact) mass is 224 g/mol. The topological polar surface area (TPSA) is 29.3 Å². The minimum Gasteiger partial charge on any atom is -0.329 e. The zero-order valence-electron chi connectivity index (χ0n) is 11.0. The van der Waals surface area contributed by atoms with Gasteiger partial charge in [0.05, 0.1) is 0 Å². The first-order valence-corrected chi connectivity index (χ1v) is 7.21. The van der Waals surface area contributed by atoms with E-state index in [9.17, 15) is 0 Å². The molecule has 0 aromatic heterocycles. The zero-order valence-corrected chi connectivity index (χ0v) is 11.0. The summed E-state index contributed by atoms with van der Waals surface area (Å²) in [6.07, 6.45) is 9.57. The lowest BCUT2D eigenvalue weighted by Gasteiger charge is -2.44. The maximum Gasteiger partial charge on any atom is 0.0360 e. The predicted octanol–water partition coefficient (Wildman–Crippen LogP) is 2.77. The minimum absolute atomic E-state index is 0.357. The van der Waals surface area contributed by atoms with Crippen molar-refractivity contribution < 1.29 is 0 Å². The molecule has 2 N–H and O–H groups in total. The Kier molecular flexibility index (Phi) is 3.91. The molecule has 0 saturated heterocycles. The molecule has 2 aliphatic carbocycles. The second-order valence-electron chi connectivity index (χ2n) is 5.88. The summed E-state index contributed by atoms with van der Waals surface area (Å²) in [7, 11) is 0. The standard InChI is InChI=1S/C14H28N2/c1-3-4-10-16(13-7-8-13)14(11-15)9-5-6-12(14)2/h12-13H,3-11,15H2,1-2H3. The van der Waals surface area contributed by atoms with Crippen molar-refractivity contribution in [2.45, 2.75) is 70.4 Å². The first kappa shape index (κ1) is 12.4. The van der Waals surface area contributed by atoms with Crippen LogP contribution in [0.1, 0.15) is 58.8 Å². The third-order valence-electron chi connectivity index (χ3n) is 4.83. The van der Waals surface area contributed by atoms with Crippen molar-refractivity contribution in [3.8, 4) is 0 Å². The number of hydrogen-bond acceptors (Lipinski definition) is 2. The second-order valence-corrected chi connectivity index (χ2v) is 5.88. The molecular formula is C14H28N2. The van der Waals surface area contributed by atoms with Crippen LogP contribution in [0.25, 0.3) is 0 Å². The van der Waals surface area contributed by atoms with Gasteiger partial charge in [-0.2, -0.15) is 0 Å². The van der Waals surface area contributed by atoms with Crippen LogP contribution >= 0.6 is 0 Å². The van der Waals surface area contributed by atoms with Gasteiger partial charge < -0.3 is 5.73 Å².